The van der Waals surface area contributed by atoms with Crippen molar-refractivity contribution in [3.05, 3.63) is 60.2 Å². The molecule has 1 aromatic carbocycles. The first-order valence-corrected chi connectivity index (χ1v) is 15.6. The Kier molecular flexibility index (Phi) is 8.42. The largest absolute Gasteiger partial charge is 0.495 e. The van der Waals surface area contributed by atoms with Gasteiger partial charge in [-0.05, 0) is 113 Å². The molecule has 2 heterocycles. The number of rotatable bonds is 8. The fraction of sp³-hybridized carbons (Fsp3) is 0.559. The molecule has 1 amide bonds. The Morgan fingerprint density at radius 1 is 1.00 bits per heavy atom. The highest BCUT2D eigenvalue weighted by molar-refractivity contribution is 5.95. The Morgan fingerprint density at radius 3 is 2.46 bits per heavy atom. The topological polar surface area (TPSA) is 80.5 Å². The molecule has 3 aromatic rings. The van der Waals surface area contributed by atoms with E-state index in [9.17, 15) is 9.90 Å². The van der Waals surface area contributed by atoms with Crippen LogP contribution in [0.5, 0.6) is 5.75 Å². The summed E-state index contributed by atoms with van der Waals surface area (Å²) in [6.45, 7) is 2.75. The average Bonchev–Trinajstić information content (AvgIpc) is 3.45. The van der Waals surface area contributed by atoms with E-state index in [0.717, 1.165) is 79.0 Å². The number of hydrogen-bond acceptors (Lipinski definition) is 5. The molecule has 3 saturated carbocycles. The summed E-state index contributed by atoms with van der Waals surface area (Å²) < 4.78 is 7.52. The van der Waals surface area contributed by atoms with Gasteiger partial charge in [-0.25, -0.2) is 0 Å². The SMILES string of the molecule is COc1ccc([C@H]2CC[C@H](CN(c3cccc(-c4cnn(C5CCC5)c4)c3)C(=O)[C@H]3CC[C@H](O)CC3)CC2)nc1C. The van der Waals surface area contributed by atoms with Crippen molar-refractivity contribution in [2.75, 3.05) is 18.6 Å². The number of pyridine rings is 1. The van der Waals surface area contributed by atoms with Gasteiger partial charge in [0.05, 0.1) is 31.1 Å². The van der Waals surface area contributed by atoms with E-state index in [1.165, 1.54) is 19.3 Å². The van der Waals surface area contributed by atoms with E-state index < -0.39 is 0 Å². The van der Waals surface area contributed by atoms with Crippen molar-refractivity contribution in [1.82, 2.24) is 14.8 Å². The van der Waals surface area contributed by atoms with Crippen LogP contribution in [-0.2, 0) is 4.79 Å². The minimum Gasteiger partial charge on any atom is -0.495 e. The molecule has 3 aliphatic carbocycles. The Morgan fingerprint density at radius 2 is 1.78 bits per heavy atom. The fourth-order valence-electron chi connectivity index (χ4n) is 6.97. The van der Waals surface area contributed by atoms with E-state index in [1.54, 1.807) is 7.11 Å². The van der Waals surface area contributed by atoms with Crippen LogP contribution in [0.4, 0.5) is 5.69 Å². The average molecular weight is 557 g/mol. The van der Waals surface area contributed by atoms with Crippen LogP contribution in [0.3, 0.4) is 0 Å². The van der Waals surface area contributed by atoms with Crippen molar-refractivity contribution in [3.63, 3.8) is 0 Å². The van der Waals surface area contributed by atoms with Crippen molar-refractivity contribution in [2.24, 2.45) is 11.8 Å². The van der Waals surface area contributed by atoms with Gasteiger partial charge < -0.3 is 14.7 Å². The van der Waals surface area contributed by atoms with Gasteiger partial charge in [0.1, 0.15) is 5.75 Å². The lowest BCUT2D eigenvalue weighted by Gasteiger charge is -2.35. The maximum absolute atomic E-state index is 14.1. The zero-order valence-corrected chi connectivity index (χ0v) is 24.5. The second kappa shape index (κ2) is 12.4. The molecule has 41 heavy (non-hydrogen) atoms. The van der Waals surface area contributed by atoms with Crippen molar-refractivity contribution < 1.29 is 14.6 Å². The number of benzene rings is 1. The van der Waals surface area contributed by atoms with Crippen LogP contribution in [0.2, 0.25) is 0 Å². The number of nitrogens with zero attached hydrogens (tertiary/aromatic N) is 4. The molecule has 2 aromatic heterocycles. The van der Waals surface area contributed by atoms with E-state index in [0.29, 0.717) is 30.7 Å². The van der Waals surface area contributed by atoms with Crippen LogP contribution >= 0.6 is 0 Å². The number of aryl methyl sites for hydroxylation is 1. The smallest absolute Gasteiger partial charge is 0.230 e. The molecule has 0 spiro atoms. The van der Waals surface area contributed by atoms with Gasteiger partial charge in [-0.2, -0.15) is 5.10 Å². The number of carbonyl (C=O) groups is 1. The van der Waals surface area contributed by atoms with Crippen LogP contribution in [0, 0.1) is 18.8 Å². The standard InChI is InChI=1S/C34H44N4O3/c1-23-33(41-2)18-17-32(36-23)25-11-9-24(10-12-25)21-37(34(40)26-13-15-31(39)16-14-26)30-8-3-5-27(19-30)28-20-35-38(22-28)29-6-4-7-29/h3,5,8,17-20,22,24-26,29,31,39H,4,6-7,9-16,21H2,1-2H3/t24-,25-,26-,31-. The predicted molar refractivity (Wildman–Crippen MR) is 161 cm³/mol. The van der Waals surface area contributed by atoms with E-state index >= 15 is 0 Å². The third kappa shape index (κ3) is 6.20. The Labute approximate surface area is 243 Å². The molecule has 7 heteroatoms. The number of aromatic nitrogens is 3. The van der Waals surface area contributed by atoms with E-state index in [2.05, 4.69) is 51.2 Å². The number of ether oxygens (including phenoxy) is 1. The van der Waals surface area contributed by atoms with Gasteiger partial charge in [-0.3, -0.25) is 14.5 Å². The molecule has 218 valence electrons. The summed E-state index contributed by atoms with van der Waals surface area (Å²) in [6, 6.07) is 13.1. The van der Waals surface area contributed by atoms with Crippen LogP contribution in [-0.4, -0.2) is 45.5 Å². The molecule has 0 saturated heterocycles. The summed E-state index contributed by atoms with van der Waals surface area (Å²) in [5.41, 5.74) is 5.29. The molecule has 0 unspecified atom stereocenters. The summed E-state index contributed by atoms with van der Waals surface area (Å²) in [5, 5.41) is 14.7. The van der Waals surface area contributed by atoms with Gasteiger partial charge >= 0.3 is 0 Å². The molecule has 0 atom stereocenters. The predicted octanol–water partition coefficient (Wildman–Crippen LogP) is 6.85. The van der Waals surface area contributed by atoms with Gasteiger partial charge in [0, 0.05) is 41.5 Å². The van der Waals surface area contributed by atoms with Crippen molar-refractivity contribution in [1.29, 1.82) is 0 Å². The van der Waals surface area contributed by atoms with Gasteiger partial charge in [0.2, 0.25) is 5.91 Å². The first kappa shape index (κ1) is 28.0. The number of anilines is 1. The first-order valence-electron chi connectivity index (χ1n) is 15.6. The highest BCUT2D eigenvalue weighted by Crippen LogP contribution is 2.38. The minimum absolute atomic E-state index is 0.0220. The van der Waals surface area contributed by atoms with E-state index in [4.69, 9.17) is 9.72 Å². The molecule has 0 bridgehead atoms. The molecular formula is C34H44N4O3. The molecule has 3 fully saturated rings. The van der Waals surface area contributed by atoms with E-state index in [1.807, 2.05) is 19.2 Å². The quantitative estimate of drug-likeness (QED) is 0.328. The third-order valence-corrected chi connectivity index (χ3v) is 9.84. The molecule has 6 rings (SSSR count). The van der Waals surface area contributed by atoms with Gasteiger partial charge in [0.25, 0.3) is 0 Å². The van der Waals surface area contributed by atoms with Crippen LogP contribution in [0.25, 0.3) is 11.1 Å². The number of aliphatic hydroxyl groups excluding tert-OH is 1. The second-order valence-electron chi connectivity index (χ2n) is 12.5. The Balaban J connectivity index is 1.19. The van der Waals surface area contributed by atoms with Crippen molar-refractivity contribution >= 4 is 11.6 Å². The minimum atomic E-state index is -0.270. The molecular weight excluding hydrogens is 512 g/mol. The fourth-order valence-corrected chi connectivity index (χ4v) is 6.97. The maximum atomic E-state index is 14.1. The second-order valence-corrected chi connectivity index (χ2v) is 12.5. The van der Waals surface area contributed by atoms with Crippen LogP contribution < -0.4 is 9.64 Å². The van der Waals surface area contributed by atoms with Gasteiger partial charge in [-0.1, -0.05) is 12.1 Å². The zero-order chi connectivity index (χ0) is 28.3. The van der Waals surface area contributed by atoms with Crippen LogP contribution in [0.15, 0.2) is 48.8 Å². The Bertz CT molecular complexity index is 1330. The zero-order valence-electron chi connectivity index (χ0n) is 24.5. The lowest BCUT2D eigenvalue weighted by Crippen LogP contribution is -2.41. The normalized spacial score (nSPS) is 25.0. The molecule has 0 aliphatic heterocycles. The summed E-state index contributed by atoms with van der Waals surface area (Å²) in [7, 11) is 1.69. The number of carbonyl (C=O) groups excluding carboxylic acids is 1. The molecule has 0 radical (unpaired) electrons. The summed E-state index contributed by atoms with van der Waals surface area (Å²) >= 11 is 0. The molecule has 1 N–H and O–H groups in total. The van der Waals surface area contributed by atoms with Crippen molar-refractivity contribution in [3.8, 4) is 16.9 Å². The maximum Gasteiger partial charge on any atom is 0.230 e. The summed E-state index contributed by atoms with van der Waals surface area (Å²) in [4.78, 5) is 21.0. The molecule has 7 nitrogen and oxygen atoms in total. The third-order valence-electron chi connectivity index (χ3n) is 9.84. The lowest BCUT2D eigenvalue weighted by atomic mass is 9.79. The number of methoxy groups -OCH3 is 1. The molecule has 3 aliphatic rings. The highest BCUT2D eigenvalue weighted by atomic mass is 16.5. The monoisotopic (exact) mass is 556 g/mol. The summed E-state index contributed by atoms with van der Waals surface area (Å²) in [6.07, 6.45) is 14.8. The lowest BCUT2D eigenvalue weighted by molar-refractivity contribution is -0.124. The summed E-state index contributed by atoms with van der Waals surface area (Å²) in [5.74, 6) is 1.94. The number of aliphatic hydroxyl groups is 1. The number of hydrogen-bond donors (Lipinski definition) is 1. The van der Waals surface area contributed by atoms with Crippen LogP contribution in [0.1, 0.15) is 94.0 Å². The Hall–Kier alpha value is -3.19. The van der Waals surface area contributed by atoms with E-state index in [-0.39, 0.29) is 17.9 Å². The van der Waals surface area contributed by atoms with Crippen molar-refractivity contribution in [2.45, 2.75) is 95.6 Å². The first-order chi connectivity index (χ1) is 20.0. The van der Waals surface area contributed by atoms with Gasteiger partial charge in [-0.15, -0.1) is 0 Å². The number of amides is 1. The highest BCUT2D eigenvalue weighted by Gasteiger charge is 2.33. The van der Waals surface area contributed by atoms with Gasteiger partial charge in [0.15, 0.2) is 0 Å².